The first-order chi connectivity index (χ1) is 8.72. The smallest absolute Gasteiger partial charge is 0.223 e. The molecule has 0 aliphatic carbocycles. The van der Waals surface area contributed by atoms with Crippen molar-refractivity contribution in [1.29, 1.82) is 0 Å². The van der Waals surface area contributed by atoms with Gasteiger partial charge in [-0.1, -0.05) is 34.6 Å². The molecule has 18 heavy (non-hydrogen) atoms. The maximum atomic E-state index is 4.94. The third-order valence-electron chi connectivity index (χ3n) is 2.46. The molecule has 0 spiro atoms. The van der Waals surface area contributed by atoms with Crippen molar-refractivity contribution in [2.75, 3.05) is 0 Å². The van der Waals surface area contributed by atoms with Gasteiger partial charge < -0.3 is 9.05 Å². The number of aryl methyl sites for hydroxylation is 2. The van der Waals surface area contributed by atoms with E-state index in [2.05, 4.69) is 20.3 Å². The standard InChI is InChI=1S/C12H10N4O2/c1-7-13-11(15-17-7)9-3-5-10(6-4-9)12-14-8(2)18-16-12/h3-6H,1-2H3. The third kappa shape index (κ3) is 1.88. The van der Waals surface area contributed by atoms with Crippen molar-refractivity contribution in [3.8, 4) is 22.8 Å². The van der Waals surface area contributed by atoms with Gasteiger partial charge in [-0.05, 0) is 0 Å². The Balaban J connectivity index is 1.94. The summed E-state index contributed by atoms with van der Waals surface area (Å²) >= 11 is 0. The zero-order valence-electron chi connectivity index (χ0n) is 9.91. The minimum atomic E-state index is 0.544. The second-order valence-corrected chi connectivity index (χ2v) is 3.85. The summed E-state index contributed by atoms with van der Waals surface area (Å²) in [5.74, 6) is 2.23. The second-order valence-electron chi connectivity index (χ2n) is 3.85. The van der Waals surface area contributed by atoms with Crippen molar-refractivity contribution in [3.05, 3.63) is 36.0 Å². The fraction of sp³-hybridized carbons (Fsp3) is 0.167. The summed E-state index contributed by atoms with van der Waals surface area (Å²) in [6.45, 7) is 3.51. The minimum Gasteiger partial charge on any atom is -0.339 e. The van der Waals surface area contributed by atoms with Crippen LogP contribution in [0.25, 0.3) is 22.8 Å². The summed E-state index contributed by atoms with van der Waals surface area (Å²) in [5, 5.41) is 7.71. The summed E-state index contributed by atoms with van der Waals surface area (Å²) in [5.41, 5.74) is 1.77. The van der Waals surface area contributed by atoms with Gasteiger partial charge >= 0.3 is 0 Å². The molecule has 0 bridgehead atoms. The van der Waals surface area contributed by atoms with Crippen molar-refractivity contribution in [1.82, 2.24) is 20.3 Å². The van der Waals surface area contributed by atoms with E-state index in [1.807, 2.05) is 24.3 Å². The summed E-state index contributed by atoms with van der Waals surface area (Å²) in [6, 6.07) is 7.58. The lowest BCUT2D eigenvalue weighted by atomic mass is 10.1. The molecule has 0 N–H and O–H groups in total. The first-order valence-corrected chi connectivity index (χ1v) is 5.44. The van der Waals surface area contributed by atoms with Gasteiger partial charge in [-0.3, -0.25) is 0 Å². The Morgan fingerprint density at radius 3 is 1.39 bits per heavy atom. The van der Waals surface area contributed by atoms with Crippen LogP contribution in [0.3, 0.4) is 0 Å². The van der Waals surface area contributed by atoms with E-state index < -0.39 is 0 Å². The maximum Gasteiger partial charge on any atom is 0.223 e. The predicted octanol–water partition coefficient (Wildman–Crippen LogP) is 2.40. The fourth-order valence-electron chi connectivity index (χ4n) is 1.60. The highest BCUT2D eigenvalue weighted by atomic mass is 16.5. The summed E-state index contributed by atoms with van der Waals surface area (Å²) in [4.78, 5) is 8.32. The van der Waals surface area contributed by atoms with Gasteiger partial charge in [0.15, 0.2) is 0 Å². The molecule has 90 valence electrons. The predicted molar refractivity (Wildman–Crippen MR) is 62.5 cm³/mol. The number of aromatic nitrogens is 4. The average Bonchev–Trinajstić information content (AvgIpc) is 2.98. The largest absolute Gasteiger partial charge is 0.339 e. The van der Waals surface area contributed by atoms with E-state index in [9.17, 15) is 0 Å². The van der Waals surface area contributed by atoms with Crippen LogP contribution in [0.5, 0.6) is 0 Å². The molecule has 0 aliphatic rings. The molecule has 6 nitrogen and oxygen atoms in total. The number of nitrogens with zero attached hydrogens (tertiary/aromatic N) is 4. The molecule has 1 aromatic carbocycles. The van der Waals surface area contributed by atoms with E-state index in [-0.39, 0.29) is 0 Å². The summed E-state index contributed by atoms with van der Waals surface area (Å²) < 4.78 is 9.87. The zero-order valence-corrected chi connectivity index (χ0v) is 9.91. The molecular weight excluding hydrogens is 232 g/mol. The van der Waals surface area contributed by atoms with Crippen LogP contribution in [0.15, 0.2) is 33.3 Å². The van der Waals surface area contributed by atoms with Crippen LogP contribution in [0.1, 0.15) is 11.8 Å². The quantitative estimate of drug-likeness (QED) is 0.686. The Kier molecular flexibility index (Phi) is 2.40. The van der Waals surface area contributed by atoms with Crippen LogP contribution in [0, 0.1) is 13.8 Å². The Hall–Kier alpha value is -2.50. The van der Waals surface area contributed by atoms with Gasteiger partial charge in [0.1, 0.15) is 0 Å². The molecule has 3 rings (SSSR count). The zero-order chi connectivity index (χ0) is 12.5. The van der Waals surface area contributed by atoms with E-state index in [0.29, 0.717) is 23.4 Å². The molecule has 6 heteroatoms. The normalized spacial score (nSPS) is 10.8. The molecule has 0 amide bonds. The molecule has 3 aromatic rings. The van der Waals surface area contributed by atoms with Gasteiger partial charge in [0.2, 0.25) is 23.4 Å². The molecule has 0 fully saturated rings. The molecular formula is C12H10N4O2. The SMILES string of the molecule is Cc1nc(-c2ccc(-c3noc(C)n3)cc2)no1. The third-order valence-corrected chi connectivity index (χ3v) is 2.46. The van der Waals surface area contributed by atoms with Crippen LogP contribution in [0.2, 0.25) is 0 Å². The molecule has 0 radical (unpaired) electrons. The van der Waals surface area contributed by atoms with Gasteiger partial charge in [0.25, 0.3) is 0 Å². The number of hydrogen-bond acceptors (Lipinski definition) is 6. The highest BCUT2D eigenvalue weighted by molar-refractivity contribution is 5.62. The number of benzene rings is 1. The molecule has 0 saturated heterocycles. The second kappa shape index (κ2) is 4.06. The lowest BCUT2D eigenvalue weighted by molar-refractivity contribution is 0.394. The van der Waals surface area contributed by atoms with Crippen molar-refractivity contribution in [2.24, 2.45) is 0 Å². The Morgan fingerprint density at radius 1 is 0.722 bits per heavy atom. The van der Waals surface area contributed by atoms with Crippen molar-refractivity contribution >= 4 is 0 Å². The Labute approximate surface area is 103 Å². The topological polar surface area (TPSA) is 77.8 Å². The van der Waals surface area contributed by atoms with Crippen LogP contribution in [0.4, 0.5) is 0 Å². The van der Waals surface area contributed by atoms with Gasteiger partial charge in [-0.15, -0.1) is 0 Å². The number of hydrogen-bond donors (Lipinski definition) is 0. The molecule has 0 saturated carbocycles. The fourth-order valence-corrected chi connectivity index (χ4v) is 1.60. The van der Waals surface area contributed by atoms with Gasteiger partial charge in [-0.2, -0.15) is 9.97 Å². The van der Waals surface area contributed by atoms with E-state index in [0.717, 1.165) is 11.1 Å². The number of rotatable bonds is 2. The Bertz CT molecular complexity index is 610. The van der Waals surface area contributed by atoms with Crippen molar-refractivity contribution in [2.45, 2.75) is 13.8 Å². The highest BCUT2D eigenvalue weighted by Crippen LogP contribution is 2.21. The van der Waals surface area contributed by atoms with Crippen LogP contribution < -0.4 is 0 Å². The van der Waals surface area contributed by atoms with E-state index in [1.165, 1.54) is 0 Å². The van der Waals surface area contributed by atoms with Crippen LogP contribution in [-0.2, 0) is 0 Å². The van der Waals surface area contributed by atoms with Gasteiger partial charge in [0, 0.05) is 25.0 Å². The van der Waals surface area contributed by atoms with E-state index in [1.54, 1.807) is 13.8 Å². The van der Waals surface area contributed by atoms with Crippen LogP contribution >= 0.6 is 0 Å². The molecule has 2 heterocycles. The Morgan fingerprint density at radius 2 is 1.11 bits per heavy atom. The van der Waals surface area contributed by atoms with E-state index in [4.69, 9.17) is 9.05 Å². The maximum absolute atomic E-state index is 4.94. The molecule has 0 unspecified atom stereocenters. The minimum absolute atomic E-state index is 0.544. The lowest BCUT2D eigenvalue weighted by Crippen LogP contribution is -1.83. The summed E-state index contributed by atoms with van der Waals surface area (Å²) in [6.07, 6.45) is 0. The molecule has 2 aromatic heterocycles. The molecule has 0 aliphatic heterocycles. The average molecular weight is 242 g/mol. The van der Waals surface area contributed by atoms with Gasteiger partial charge in [-0.25, -0.2) is 0 Å². The van der Waals surface area contributed by atoms with Crippen molar-refractivity contribution in [3.63, 3.8) is 0 Å². The lowest BCUT2D eigenvalue weighted by Gasteiger charge is -1.96. The molecule has 0 atom stereocenters. The summed E-state index contributed by atoms with van der Waals surface area (Å²) in [7, 11) is 0. The monoisotopic (exact) mass is 242 g/mol. The van der Waals surface area contributed by atoms with Crippen LogP contribution in [-0.4, -0.2) is 20.3 Å². The first kappa shape index (κ1) is 10.6. The first-order valence-electron chi connectivity index (χ1n) is 5.44. The van der Waals surface area contributed by atoms with Crippen molar-refractivity contribution < 1.29 is 9.05 Å². The van der Waals surface area contributed by atoms with Gasteiger partial charge in [0.05, 0.1) is 0 Å². The highest BCUT2D eigenvalue weighted by Gasteiger charge is 2.08. The van der Waals surface area contributed by atoms with E-state index >= 15 is 0 Å².